The Labute approximate surface area is 194 Å². The predicted octanol–water partition coefficient (Wildman–Crippen LogP) is 6.96. The highest BCUT2D eigenvalue weighted by molar-refractivity contribution is 7.99. The van der Waals surface area contributed by atoms with Crippen LogP contribution in [0.4, 0.5) is 0 Å². The maximum absolute atomic E-state index is 13.3. The fraction of sp³-hybridized carbons (Fsp3) is 0.115. The molecule has 0 saturated heterocycles. The van der Waals surface area contributed by atoms with Gasteiger partial charge in [0.2, 0.25) is 5.43 Å². The summed E-state index contributed by atoms with van der Waals surface area (Å²) in [5.74, 6) is 0. The molecule has 0 saturated carbocycles. The minimum absolute atomic E-state index is 0.0145. The summed E-state index contributed by atoms with van der Waals surface area (Å²) in [6.45, 7) is 4.14. The van der Waals surface area contributed by atoms with Gasteiger partial charge in [-0.05, 0) is 29.8 Å². The van der Waals surface area contributed by atoms with Crippen molar-refractivity contribution >= 4 is 45.3 Å². The zero-order valence-corrected chi connectivity index (χ0v) is 19.2. The Morgan fingerprint density at radius 1 is 1.00 bits per heavy atom. The predicted molar refractivity (Wildman–Crippen MR) is 135 cm³/mol. The van der Waals surface area contributed by atoms with Crippen LogP contribution >= 0.6 is 23.4 Å². The van der Waals surface area contributed by atoms with Gasteiger partial charge in [-0.2, -0.15) is 0 Å². The second-order valence-corrected chi connectivity index (χ2v) is 9.85. The minimum atomic E-state index is -0.0145. The molecular weight excluding hydrogens is 438 g/mol. The monoisotopic (exact) mass is 457 g/mol. The van der Waals surface area contributed by atoms with Crippen LogP contribution < -0.4 is 5.43 Å². The zero-order valence-electron chi connectivity index (χ0n) is 17.6. The molecule has 5 aromatic rings. The van der Waals surface area contributed by atoms with Crippen LogP contribution in [0.15, 0.2) is 82.7 Å². The molecule has 0 atom stereocenters. The average Bonchev–Trinajstić information content (AvgIpc) is 2.80. The Hall–Kier alpha value is -3.15. The molecule has 5 rings (SSSR count). The maximum Gasteiger partial charge on any atom is 0.204 e. The SMILES string of the molecule is CC(C)Sc1c[nH]c2nc(-c3ccccc3)c(-c3cc(Cl)c4ncccc4c3)cc2c1=O. The number of benzene rings is 2. The van der Waals surface area contributed by atoms with Gasteiger partial charge in [0.1, 0.15) is 5.65 Å². The molecule has 2 aromatic carbocycles. The molecule has 32 heavy (non-hydrogen) atoms. The van der Waals surface area contributed by atoms with Gasteiger partial charge in [-0.15, -0.1) is 11.8 Å². The van der Waals surface area contributed by atoms with E-state index in [1.807, 2.05) is 60.7 Å². The second kappa shape index (κ2) is 8.41. The van der Waals surface area contributed by atoms with Gasteiger partial charge in [0, 0.05) is 34.2 Å². The van der Waals surface area contributed by atoms with Crippen LogP contribution in [-0.2, 0) is 0 Å². The van der Waals surface area contributed by atoms with Crippen LogP contribution in [0.3, 0.4) is 0 Å². The summed E-state index contributed by atoms with van der Waals surface area (Å²) in [5, 5.41) is 2.37. The van der Waals surface area contributed by atoms with Crippen LogP contribution in [0.25, 0.3) is 44.3 Å². The molecule has 0 aliphatic rings. The third-order valence-electron chi connectivity index (χ3n) is 5.21. The molecule has 3 heterocycles. The smallest absolute Gasteiger partial charge is 0.204 e. The van der Waals surface area contributed by atoms with Crippen molar-refractivity contribution in [1.29, 1.82) is 0 Å². The molecule has 3 aromatic heterocycles. The summed E-state index contributed by atoms with van der Waals surface area (Å²) < 4.78 is 0. The van der Waals surface area contributed by atoms with E-state index < -0.39 is 0 Å². The molecule has 0 bridgehead atoms. The van der Waals surface area contributed by atoms with E-state index >= 15 is 0 Å². The Bertz CT molecular complexity index is 1510. The van der Waals surface area contributed by atoms with Crippen molar-refractivity contribution in [2.24, 2.45) is 0 Å². The number of hydrogen-bond donors (Lipinski definition) is 1. The topological polar surface area (TPSA) is 58.6 Å². The second-order valence-electron chi connectivity index (χ2n) is 7.83. The van der Waals surface area contributed by atoms with E-state index in [-0.39, 0.29) is 5.43 Å². The molecule has 0 fully saturated rings. The first-order valence-corrected chi connectivity index (χ1v) is 11.6. The highest BCUT2D eigenvalue weighted by atomic mass is 35.5. The molecule has 0 aliphatic heterocycles. The molecule has 158 valence electrons. The lowest BCUT2D eigenvalue weighted by Crippen LogP contribution is -2.09. The number of halogens is 1. The quantitative estimate of drug-likeness (QED) is 0.296. The highest BCUT2D eigenvalue weighted by Crippen LogP contribution is 2.36. The van der Waals surface area contributed by atoms with Gasteiger partial charge in [-0.3, -0.25) is 9.78 Å². The number of pyridine rings is 3. The number of fused-ring (bicyclic) bond motifs is 2. The summed E-state index contributed by atoms with van der Waals surface area (Å²) in [7, 11) is 0. The molecule has 0 unspecified atom stereocenters. The van der Waals surface area contributed by atoms with E-state index in [1.54, 1.807) is 24.2 Å². The lowest BCUT2D eigenvalue weighted by atomic mass is 9.97. The first-order chi connectivity index (χ1) is 15.5. The molecule has 0 spiro atoms. The third kappa shape index (κ3) is 3.78. The van der Waals surface area contributed by atoms with Crippen LogP contribution in [0.2, 0.25) is 5.02 Å². The van der Waals surface area contributed by atoms with E-state index in [0.29, 0.717) is 26.2 Å². The Morgan fingerprint density at radius 3 is 2.59 bits per heavy atom. The highest BCUT2D eigenvalue weighted by Gasteiger charge is 2.16. The fourth-order valence-corrected chi connectivity index (χ4v) is 4.94. The number of nitrogens with zero attached hydrogens (tertiary/aromatic N) is 2. The van der Waals surface area contributed by atoms with Gasteiger partial charge in [0.25, 0.3) is 0 Å². The molecule has 1 N–H and O–H groups in total. The summed E-state index contributed by atoms with van der Waals surface area (Å²) in [6.07, 6.45) is 3.49. The maximum atomic E-state index is 13.3. The Kier molecular flexibility index (Phi) is 5.45. The van der Waals surface area contributed by atoms with Crippen LogP contribution in [-0.4, -0.2) is 20.2 Å². The minimum Gasteiger partial charge on any atom is -0.345 e. The summed E-state index contributed by atoms with van der Waals surface area (Å²) >= 11 is 8.13. The van der Waals surface area contributed by atoms with Crippen LogP contribution in [0, 0.1) is 0 Å². The molecule has 0 amide bonds. The molecule has 4 nitrogen and oxygen atoms in total. The number of H-pyrrole nitrogens is 1. The fourth-order valence-electron chi connectivity index (χ4n) is 3.81. The third-order valence-corrected chi connectivity index (χ3v) is 6.53. The van der Waals surface area contributed by atoms with Crippen molar-refractivity contribution in [3.8, 4) is 22.4 Å². The van der Waals surface area contributed by atoms with E-state index in [0.717, 1.165) is 33.3 Å². The van der Waals surface area contributed by atoms with Gasteiger partial charge in [-0.25, -0.2) is 4.98 Å². The normalized spacial score (nSPS) is 11.5. The number of aromatic amines is 1. The van der Waals surface area contributed by atoms with Crippen molar-refractivity contribution in [3.63, 3.8) is 0 Å². The van der Waals surface area contributed by atoms with Gasteiger partial charge >= 0.3 is 0 Å². The van der Waals surface area contributed by atoms with Gasteiger partial charge < -0.3 is 4.98 Å². The van der Waals surface area contributed by atoms with E-state index in [2.05, 4.69) is 23.8 Å². The van der Waals surface area contributed by atoms with Gasteiger partial charge in [0.05, 0.1) is 26.5 Å². The first kappa shape index (κ1) is 20.7. The van der Waals surface area contributed by atoms with E-state index in [4.69, 9.17) is 16.6 Å². The lowest BCUT2D eigenvalue weighted by Gasteiger charge is -2.13. The Balaban J connectivity index is 1.83. The Morgan fingerprint density at radius 2 is 1.81 bits per heavy atom. The zero-order chi connectivity index (χ0) is 22.2. The van der Waals surface area contributed by atoms with Crippen molar-refractivity contribution in [2.45, 2.75) is 24.0 Å². The first-order valence-electron chi connectivity index (χ1n) is 10.3. The number of hydrogen-bond acceptors (Lipinski definition) is 4. The van der Waals surface area contributed by atoms with Gasteiger partial charge in [-0.1, -0.05) is 61.8 Å². The molecule has 0 aliphatic carbocycles. The van der Waals surface area contributed by atoms with Gasteiger partial charge in [0.15, 0.2) is 0 Å². The summed E-state index contributed by atoms with van der Waals surface area (Å²) in [4.78, 5) is 26.5. The van der Waals surface area contributed by atoms with Crippen molar-refractivity contribution in [1.82, 2.24) is 15.0 Å². The molecule has 0 radical (unpaired) electrons. The molecular formula is C26H20ClN3OS. The van der Waals surface area contributed by atoms with Crippen LogP contribution in [0.1, 0.15) is 13.8 Å². The van der Waals surface area contributed by atoms with Crippen molar-refractivity contribution < 1.29 is 0 Å². The van der Waals surface area contributed by atoms with Crippen LogP contribution in [0.5, 0.6) is 0 Å². The van der Waals surface area contributed by atoms with E-state index in [9.17, 15) is 4.79 Å². The van der Waals surface area contributed by atoms with E-state index in [1.165, 1.54) is 0 Å². The lowest BCUT2D eigenvalue weighted by molar-refractivity contribution is 1.10. The summed E-state index contributed by atoms with van der Waals surface area (Å²) in [5.41, 5.74) is 4.81. The molecule has 6 heteroatoms. The number of nitrogens with one attached hydrogen (secondary N) is 1. The average molecular weight is 458 g/mol. The summed E-state index contributed by atoms with van der Waals surface area (Å²) in [6, 6.07) is 19.7. The van der Waals surface area contributed by atoms with Crippen molar-refractivity contribution in [2.75, 3.05) is 0 Å². The van der Waals surface area contributed by atoms with Crippen molar-refractivity contribution in [3.05, 3.63) is 88.3 Å². The largest absolute Gasteiger partial charge is 0.345 e. The number of thioether (sulfide) groups is 1. The number of aromatic nitrogens is 3. The number of rotatable bonds is 4. The standard InChI is InChI=1S/C26H20ClN3OS/c1-15(2)32-22-14-29-26-20(25(22)31)13-19(23(30-26)16-7-4-3-5-8-16)18-11-17-9-6-10-28-24(17)21(27)12-18/h3-15H,1-2H3,(H,29,30,31).